The average Bonchev–Trinajstić information content (AvgIpc) is 2.95. The summed E-state index contributed by atoms with van der Waals surface area (Å²) in [5.41, 5.74) is 6.15. The Hall–Kier alpha value is -0.800. The molecule has 0 amide bonds. The van der Waals surface area contributed by atoms with E-state index >= 15 is 0 Å². The fourth-order valence-electron chi connectivity index (χ4n) is 4.76. The zero-order valence-corrected chi connectivity index (χ0v) is 13.1. The molecule has 3 nitrogen and oxygen atoms in total. The molecule has 3 heteroatoms. The molecule has 1 saturated heterocycles. The summed E-state index contributed by atoms with van der Waals surface area (Å²) in [7, 11) is 0. The molecule has 0 aromatic carbocycles. The number of hydrogen-bond acceptors (Lipinski definition) is 3. The number of furan rings is 1. The topological polar surface area (TPSA) is 42.4 Å². The fourth-order valence-corrected chi connectivity index (χ4v) is 4.76. The van der Waals surface area contributed by atoms with Gasteiger partial charge in [-0.05, 0) is 62.6 Å². The van der Waals surface area contributed by atoms with Crippen molar-refractivity contribution >= 4 is 0 Å². The Morgan fingerprint density at radius 3 is 2.86 bits per heavy atom. The third-order valence-corrected chi connectivity index (χ3v) is 6.11. The minimum absolute atomic E-state index is 0.290. The van der Waals surface area contributed by atoms with E-state index in [1.807, 2.05) is 0 Å². The lowest BCUT2D eigenvalue weighted by Crippen LogP contribution is -2.46. The first-order chi connectivity index (χ1) is 10.3. The van der Waals surface area contributed by atoms with Gasteiger partial charge in [0.05, 0.1) is 6.04 Å². The number of nitrogens with two attached hydrogens (primary N) is 1. The summed E-state index contributed by atoms with van der Waals surface area (Å²) in [6.45, 7) is 4.18. The van der Waals surface area contributed by atoms with Crippen LogP contribution in [0.3, 0.4) is 0 Å². The monoisotopic (exact) mass is 288 g/mol. The molecular weight excluding hydrogens is 260 g/mol. The van der Waals surface area contributed by atoms with Crippen molar-refractivity contribution in [3.8, 4) is 0 Å². The summed E-state index contributed by atoms with van der Waals surface area (Å²) in [5.74, 6) is 4.67. The molecule has 116 valence electrons. The third-order valence-electron chi connectivity index (χ3n) is 6.11. The predicted molar refractivity (Wildman–Crippen MR) is 84.1 cm³/mol. The van der Waals surface area contributed by atoms with E-state index in [0.29, 0.717) is 18.5 Å². The van der Waals surface area contributed by atoms with Crippen LogP contribution >= 0.6 is 0 Å². The first-order valence-corrected chi connectivity index (χ1v) is 8.83. The highest BCUT2D eigenvalue weighted by atomic mass is 16.3. The molecule has 2 N–H and O–H groups in total. The minimum atomic E-state index is 0.290. The molecule has 1 aliphatic heterocycles. The maximum atomic E-state index is 6.21. The van der Waals surface area contributed by atoms with Gasteiger partial charge in [-0.2, -0.15) is 0 Å². The van der Waals surface area contributed by atoms with Crippen LogP contribution in [-0.2, 0) is 0 Å². The normalized spacial score (nSPS) is 37.4. The number of piperidine rings is 1. The first kappa shape index (κ1) is 13.8. The van der Waals surface area contributed by atoms with Crippen LogP contribution in [0.25, 0.3) is 0 Å². The molecule has 3 aliphatic rings. The smallest absolute Gasteiger partial charge is 0.122 e. The van der Waals surface area contributed by atoms with Crippen LogP contribution < -0.4 is 5.73 Å². The van der Waals surface area contributed by atoms with Gasteiger partial charge >= 0.3 is 0 Å². The van der Waals surface area contributed by atoms with Gasteiger partial charge in [0, 0.05) is 18.5 Å². The van der Waals surface area contributed by atoms with E-state index in [1.54, 1.807) is 0 Å². The van der Waals surface area contributed by atoms with Gasteiger partial charge in [-0.15, -0.1) is 0 Å². The molecule has 5 atom stereocenters. The number of hydrogen-bond donors (Lipinski definition) is 1. The molecular formula is C18H28N2O. The van der Waals surface area contributed by atoms with Crippen molar-refractivity contribution in [3.05, 3.63) is 23.7 Å². The second-order valence-corrected chi connectivity index (χ2v) is 7.45. The van der Waals surface area contributed by atoms with Gasteiger partial charge in [0.2, 0.25) is 0 Å². The van der Waals surface area contributed by atoms with Gasteiger partial charge in [-0.3, -0.25) is 4.90 Å². The van der Waals surface area contributed by atoms with Crippen molar-refractivity contribution in [2.24, 2.45) is 17.6 Å². The van der Waals surface area contributed by atoms with Crippen LogP contribution in [0.4, 0.5) is 0 Å². The van der Waals surface area contributed by atoms with Crippen LogP contribution in [0.1, 0.15) is 68.9 Å². The Morgan fingerprint density at radius 2 is 2.10 bits per heavy atom. The standard InChI is InChI=1S/C18H28N2O/c1-12-10-14(12)17-7-8-18(21-17)16(11-19)20-9-3-5-13-4-2-6-15(13)20/h7-8,12-16H,2-6,9-11,19H2,1H3. The first-order valence-electron chi connectivity index (χ1n) is 8.83. The van der Waals surface area contributed by atoms with Crippen LogP contribution in [0.15, 0.2) is 16.5 Å². The molecule has 1 aromatic rings. The van der Waals surface area contributed by atoms with Crippen LogP contribution in [0.2, 0.25) is 0 Å². The Labute approximate surface area is 127 Å². The minimum Gasteiger partial charge on any atom is -0.464 e. The van der Waals surface area contributed by atoms with Gasteiger partial charge in [-0.25, -0.2) is 0 Å². The molecule has 0 bridgehead atoms. The Bertz CT molecular complexity index is 497. The zero-order valence-electron chi connectivity index (χ0n) is 13.1. The zero-order chi connectivity index (χ0) is 14.4. The highest BCUT2D eigenvalue weighted by Gasteiger charge is 2.40. The van der Waals surface area contributed by atoms with Crippen LogP contribution in [0, 0.1) is 11.8 Å². The van der Waals surface area contributed by atoms with Gasteiger partial charge in [-0.1, -0.05) is 13.3 Å². The van der Waals surface area contributed by atoms with E-state index in [4.69, 9.17) is 10.2 Å². The number of nitrogens with zero attached hydrogens (tertiary/aromatic N) is 1. The van der Waals surface area contributed by atoms with Crippen molar-refractivity contribution in [3.63, 3.8) is 0 Å². The molecule has 2 saturated carbocycles. The van der Waals surface area contributed by atoms with Crippen LogP contribution in [0.5, 0.6) is 0 Å². The summed E-state index contributed by atoms with van der Waals surface area (Å²) in [4.78, 5) is 2.67. The lowest BCUT2D eigenvalue weighted by atomic mass is 9.90. The fraction of sp³-hybridized carbons (Fsp3) is 0.778. The van der Waals surface area contributed by atoms with Crippen molar-refractivity contribution in [1.82, 2.24) is 4.90 Å². The van der Waals surface area contributed by atoms with Gasteiger partial charge < -0.3 is 10.2 Å². The quantitative estimate of drug-likeness (QED) is 0.919. The van der Waals surface area contributed by atoms with Crippen LogP contribution in [-0.4, -0.2) is 24.0 Å². The third kappa shape index (κ3) is 2.44. The van der Waals surface area contributed by atoms with E-state index in [1.165, 1.54) is 50.8 Å². The Kier molecular flexibility index (Phi) is 3.58. The maximum Gasteiger partial charge on any atom is 0.122 e. The molecule has 3 fully saturated rings. The van der Waals surface area contributed by atoms with E-state index in [0.717, 1.165) is 23.6 Å². The number of rotatable bonds is 4. The second kappa shape index (κ2) is 5.44. The van der Waals surface area contributed by atoms with Gasteiger partial charge in [0.15, 0.2) is 0 Å². The van der Waals surface area contributed by atoms with E-state index < -0.39 is 0 Å². The molecule has 2 heterocycles. The molecule has 0 radical (unpaired) electrons. The summed E-state index contributed by atoms with van der Waals surface area (Å²) in [6, 6.07) is 5.43. The lowest BCUT2D eigenvalue weighted by Gasteiger charge is -2.41. The largest absolute Gasteiger partial charge is 0.464 e. The van der Waals surface area contributed by atoms with Crippen molar-refractivity contribution in [1.29, 1.82) is 0 Å². The number of fused-ring (bicyclic) bond motifs is 1. The maximum absolute atomic E-state index is 6.21. The van der Waals surface area contributed by atoms with Crippen molar-refractivity contribution < 1.29 is 4.42 Å². The van der Waals surface area contributed by atoms with E-state index in [2.05, 4.69) is 24.0 Å². The van der Waals surface area contributed by atoms with Gasteiger partial charge in [0.1, 0.15) is 11.5 Å². The molecule has 2 aliphatic carbocycles. The highest BCUT2D eigenvalue weighted by molar-refractivity contribution is 5.20. The van der Waals surface area contributed by atoms with E-state index in [-0.39, 0.29) is 0 Å². The predicted octanol–water partition coefficient (Wildman–Crippen LogP) is 3.67. The Morgan fingerprint density at radius 1 is 1.29 bits per heavy atom. The SMILES string of the molecule is CC1CC1c1ccc(C(CN)N2CCCC3CCCC32)o1. The molecule has 4 rings (SSSR count). The molecule has 21 heavy (non-hydrogen) atoms. The summed E-state index contributed by atoms with van der Waals surface area (Å²) in [6.07, 6.45) is 8.20. The summed E-state index contributed by atoms with van der Waals surface area (Å²) < 4.78 is 6.21. The highest BCUT2D eigenvalue weighted by Crippen LogP contribution is 2.48. The Balaban J connectivity index is 1.54. The van der Waals surface area contributed by atoms with Gasteiger partial charge in [0.25, 0.3) is 0 Å². The van der Waals surface area contributed by atoms with E-state index in [9.17, 15) is 0 Å². The molecule has 5 unspecified atom stereocenters. The average molecular weight is 288 g/mol. The molecule has 0 spiro atoms. The number of likely N-dealkylation sites (tertiary alicyclic amines) is 1. The lowest BCUT2D eigenvalue weighted by molar-refractivity contribution is 0.0599. The molecule has 1 aromatic heterocycles. The van der Waals surface area contributed by atoms with Crippen molar-refractivity contribution in [2.75, 3.05) is 13.1 Å². The second-order valence-electron chi connectivity index (χ2n) is 7.45. The van der Waals surface area contributed by atoms with Crippen molar-refractivity contribution in [2.45, 2.75) is 63.5 Å². The summed E-state index contributed by atoms with van der Waals surface area (Å²) >= 11 is 0. The summed E-state index contributed by atoms with van der Waals surface area (Å²) in [5, 5.41) is 0.